The minimum Gasteiger partial charge on any atom is -0.489 e. The summed E-state index contributed by atoms with van der Waals surface area (Å²) >= 11 is 6.43. The van der Waals surface area contributed by atoms with E-state index in [4.69, 9.17) is 25.8 Å². The molecule has 1 aromatic rings. The lowest BCUT2D eigenvalue weighted by atomic mass is 9.92. The summed E-state index contributed by atoms with van der Waals surface area (Å²) in [6, 6.07) is 1.99. The van der Waals surface area contributed by atoms with Gasteiger partial charge in [0.25, 0.3) is 0 Å². The molecule has 0 bridgehead atoms. The van der Waals surface area contributed by atoms with Crippen molar-refractivity contribution in [2.24, 2.45) is 0 Å². The zero-order valence-corrected chi connectivity index (χ0v) is 13.3. The Kier molecular flexibility index (Phi) is 4.57. The molecule has 0 saturated carbocycles. The van der Waals surface area contributed by atoms with Crippen LogP contribution >= 0.6 is 11.6 Å². The lowest BCUT2D eigenvalue weighted by Gasteiger charge is -2.29. The van der Waals surface area contributed by atoms with E-state index in [1.165, 1.54) is 0 Å². The number of morpholine rings is 1. The van der Waals surface area contributed by atoms with Gasteiger partial charge in [0, 0.05) is 25.1 Å². The van der Waals surface area contributed by atoms with Gasteiger partial charge in [-0.1, -0.05) is 25.4 Å². The fourth-order valence-corrected chi connectivity index (χ4v) is 3.21. The van der Waals surface area contributed by atoms with Crippen molar-refractivity contribution in [3.63, 3.8) is 0 Å². The SMILES string of the molecule is CC(C)c1c(C2CNCCO2)cc(Cl)c2c1OCCCO2. The van der Waals surface area contributed by atoms with Crippen LogP contribution in [0.5, 0.6) is 11.5 Å². The number of benzene rings is 1. The van der Waals surface area contributed by atoms with Gasteiger partial charge in [-0.2, -0.15) is 0 Å². The molecule has 0 aromatic heterocycles. The Morgan fingerprint density at radius 2 is 1.95 bits per heavy atom. The first kappa shape index (κ1) is 14.9. The standard InChI is InChI=1S/C16H22ClNO3/c1-10(2)14-11(13-9-18-4-7-19-13)8-12(17)15-16(14)21-6-3-5-20-15/h8,10,13,18H,3-7,9H2,1-2H3. The van der Waals surface area contributed by atoms with E-state index >= 15 is 0 Å². The predicted molar refractivity (Wildman–Crippen MR) is 82.7 cm³/mol. The molecule has 5 heteroatoms. The van der Waals surface area contributed by atoms with E-state index in [1.54, 1.807) is 0 Å². The first-order valence-electron chi connectivity index (χ1n) is 7.62. The molecule has 2 aliphatic heterocycles. The highest BCUT2D eigenvalue weighted by molar-refractivity contribution is 6.32. The predicted octanol–water partition coefficient (Wildman–Crippen LogP) is 3.29. The van der Waals surface area contributed by atoms with E-state index in [0.717, 1.165) is 36.4 Å². The zero-order valence-electron chi connectivity index (χ0n) is 12.6. The molecular formula is C16H22ClNO3. The summed E-state index contributed by atoms with van der Waals surface area (Å²) in [7, 11) is 0. The van der Waals surface area contributed by atoms with Gasteiger partial charge in [-0.25, -0.2) is 0 Å². The summed E-state index contributed by atoms with van der Waals surface area (Å²) in [6.45, 7) is 8.05. The Morgan fingerprint density at radius 1 is 1.19 bits per heavy atom. The average Bonchev–Trinajstić information content (AvgIpc) is 2.73. The molecule has 4 nitrogen and oxygen atoms in total. The number of hydrogen-bond acceptors (Lipinski definition) is 4. The Bertz CT molecular complexity index is 513. The number of ether oxygens (including phenoxy) is 3. The summed E-state index contributed by atoms with van der Waals surface area (Å²) in [5.41, 5.74) is 2.27. The van der Waals surface area contributed by atoms with E-state index in [9.17, 15) is 0 Å². The van der Waals surface area contributed by atoms with E-state index in [-0.39, 0.29) is 6.10 Å². The topological polar surface area (TPSA) is 39.7 Å². The van der Waals surface area contributed by atoms with Crippen LogP contribution < -0.4 is 14.8 Å². The van der Waals surface area contributed by atoms with Crippen molar-refractivity contribution < 1.29 is 14.2 Å². The van der Waals surface area contributed by atoms with Gasteiger partial charge in [-0.05, 0) is 17.5 Å². The largest absolute Gasteiger partial charge is 0.489 e. The van der Waals surface area contributed by atoms with Crippen LogP contribution in [0.25, 0.3) is 0 Å². The van der Waals surface area contributed by atoms with Crippen LogP contribution in [0.15, 0.2) is 6.07 Å². The highest BCUT2D eigenvalue weighted by Gasteiger charge is 2.28. The van der Waals surface area contributed by atoms with E-state index in [2.05, 4.69) is 19.2 Å². The number of halogens is 1. The number of nitrogens with one attached hydrogen (secondary N) is 1. The van der Waals surface area contributed by atoms with E-state index < -0.39 is 0 Å². The van der Waals surface area contributed by atoms with Crippen molar-refractivity contribution in [1.82, 2.24) is 5.32 Å². The molecule has 1 atom stereocenters. The average molecular weight is 312 g/mol. The zero-order chi connectivity index (χ0) is 14.8. The second-order valence-electron chi connectivity index (χ2n) is 5.79. The molecule has 3 rings (SSSR count). The third kappa shape index (κ3) is 2.98. The third-order valence-corrected chi connectivity index (χ3v) is 4.18. The second kappa shape index (κ2) is 6.42. The Balaban J connectivity index is 2.10. The molecule has 1 N–H and O–H groups in total. The Hall–Kier alpha value is -0.970. The summed E-state index contributed by atoms with van der Waals surface area (Å²) < 4.78 is 17.7. The minimum atomic E-state index is 0.0193. The first-order valence-corrected chi connectivity index (χ1v) is 8.00. The fraction of sp³-hybridized carbons (Fsp3) is 0.625. The van der Waals surface area contributed by atoms with Gasteiger partial charge in [-0.3, -0.25) is 0 Å². The molecule has 0 radical (unpaired) electrons. The molecule has 21 heavy (non-hydrogen) atoms. The van der Waals surface area contributed by atoms with Gasteiger partial charge in [0.15, 0.2) is 11.5 Å². The molecule has 1 fully saturated rings. The van der Waals surface area contributed by atoms with Crippen molar-refractivity contribution in [3.05, 3.63) is 22.2 Å². The molecular weight excluding hydrogens is 290 g/mol. The highest BCUT2D eigenvalue weighted by atomic mass is 35.5. The maximum Gasteiger partial charge on any atom is 0.180 e. The van der Waals surface area contributed by atoms with Gasteiger partial charge in [0.2, 0.25) is 0 Å². The van der Waals surface area contributed by atoms with Crippen LogP contribution in [0.3, 0.4) is 0 Å². The molecule has 1 saturated heterocycles. The molecule has 0 spiro atoms. The van der Waals surface area contributed by atoms with Crippen LogP contribution in [0.1, 0.15) is 43.4 Å². The summed E-state index contributed by atoms with van der Waals surface area (Å²) in [4.78, 5) is 0. The minimum absolute atomic E-state index is 0.0193. The van der Waals surface area contributed by atoms with Crippen molar-refractivity contribution in [3.8, 4) is 11.5 Å². The fourth-order valence-electron chi connectivity index (χ4n) is 2.95. The van der Waals surface area contributed by atoms with Gasteiger partial charge >= 0.3 is 0 Å². The molecule has 2 heterocycles. The van der Waals surface area contributed by atoms with E-state index in [0.29, 0.717) is 36.5 Å². The maximum absolute atomic E-state index is 6.43. The Labute approximate surface area is 130 Å². The quantitative estimate of drug-likeness (QED) is 0.910. The molecule has 2 aliphatic rings. The molecule has 0 aliphatic carbocycles. The molecule has 116 valence electrons. The van der Waals surface area contributed by atoms with Crippen LogP contribution in [0.4, 0.5) is 0 Å². The van der Waals surface area contributed by atoms with Crippen molar-refractivity contribution in [2.75, 3.05) is 32.9 Å². The van der Waals surface area contributed by atoms with Gasteiger partial charge < -0.3 is 19.5 Å². The summed E-state index contributed by atoms with van der Waals surface area (Å²) in [5.74, 6) is 1.81. The molecule has 1 aromatic carbocycles. The van der Waals surface area contributed by atoms with Crippen molar-refractivity contribution in [2.45, 2.75) is 32.3 Å². The third-order valence-electron chi connectivity index (χ3n) is 3.89. The molecule has 0 amide bonds. The molecule has 1 unspecified atom stereocenters. The van der Waals surface area contributed by atoms with Gasteiger partial charge in [0.1, 0.15) is 0 Å². The van der Waals surface area contributed by atoms with Crippen LogP contribution in [-0.2, 0) is 4.74 Å². The highest BCUT2D eigenvalue weighted by Crippen LogP contribution is 2.46. The maximum atomic E-state index is 6.43. The summed E-state index contributed by atoms with van der Waals surface area (Å²) in [5, 5.41) is 3.98. The number of hydrogen-bond donors (Lipinski definition) is 1. The van der Waals surface area contributed by atoms with Crippen molar-refractivity contribution in [1.29, 1.82) is 0 Å². The summed E-state index contributed by atoms with van der Waals surface area (Å²) in [6.07, 6.45) is 0.894. The Morgan fingerprint density at radius 3 is 2.62 bits per heavy atom. The van der Waals surface area contributed by atoms with Gasteiger partial charge in [0.05, 0.1) is 30.9 Å². The smallest absolute Gasteiger partial charge is 0.180 e. The van der Waals surface area contributed by atoms with E-state index in [1.807, 2.05) is 6.07 Å². The first-order chi connectivity index (χ1) is 10.2. The van der Waals surface area contributed by atoms with Crippen LogP contribution in [0.2, 0.25) is 5.02 Å². The second-order valence-corrected chi connectivity index (χ2v) is 6.20. The monoisotopic (exact) mass is 311 g/mol. The van der Waals surface area contributed by atoms with Crippen LogP contribution in [-0.4, -0.2) is 32.9 Å². The lowest BCUT2D eigenvalue weighted by Crippen LogP contribution is -2.34. The van der Waals surface area contributed by atoms with Crippen molar-refractivity contribution >= 4 is 11.6 Å². The number of rotatable bonds is 2. The number of fused-ring (bicyclic) bond motifs is 1. The van der Waals surface area contributed by atoms with Crippen LogP contribution in [0, 0.1) is 0 Å². The lowest BCUT2D eigenvalue weighted by molar-refractivity contribution is 0.0268. The normalized spacial score (nSPS) is 22.2. The van der Waals surface area contributed by atoms with Gasteiger partial charge in [-0.15, -0.1) is 0 Å².